The average molecular weight is 89.7 g/mol. The van der Waals surface area contributed by atoms with Crippen molar-refractivity contribution in [1.82, 2.24) is 0 Å². The van der Waals surface area contributed by atoms with Gasteiger partial charge in [-0.05, 0) is 0 Å². The lowest BCUT2D eigenvalue weighted by molar-refractivity contribution is 0.306. The highest BCUT2D eigenvalue weighted by molar-refractivity contribution is 6.40. The molecule has 0 aromatic carbocycles. The second-order valence-electron chi connectivity index (χ2n) is 2.55. The van der Waals surface area contributed by atoms with Crippen molar-refractivity contribution in [1.29, 1.82) is 0 Å². The molecule has 4 radical (unpaired) electrons. The molecule has 0 N–H and O–H groups in total. The lowest BCUT2D eigenvalue weighted by atomic mass is 9.39. The summed E-state index contributed by atoms with van der Waals surface area (Å²) in [7, 11) is 11.1. The summed E-state index contributed by atoms with van der Waals surface area (Å²) in [6, 6.07) is 0. The Morgan fingerprint density at radius 3 is 2.00 bits per heavy atom. The van der Waals surface area contributed by atoms with E-state index in [0.29, 0.717) is 5.92 Å². The van der Waals surface area contributed by atoms with E-state index >= 15 is 0 Å². The van der Waals surface area contributed by atoms with Crippen LogP contribution in [0, 0.1) is 5.92 Å². The Bertz CT molecular complexity index is 78.1. The Kier molecular flexibility index (Phi) is 0.980. The van der Waals surface area contributed by atoms with Crippen molar-refractivity contribution in [2.24, 2.45) is 5.92 Å². The average Bonchev–Trinajstić information content (AvgIpc) is 1.63. The summed E-state index contributed by atoms with van der Waals surface area (Å²) < 4.78 is 0. The normalized spacial score (nSPS) is 37.0. The molecule has 0 aromatic heterocycles. The summed E-state index contributed by atoms with van der Waals surface area (Å²) in [4.78, 5) is 0. The van der Waals surface area contributed by atoms with Gasteiger partial charge in [0.25, 0.3) is 0 Å². The van der Waals surface area contributed by atoms with E-state index in [4.69, 9.17) is 15.7 Å². The summed E-state index contributed by atoms with van der Waals surface area (Å²) in [5.74, 6) is 0.535. The molecule has 34 valence electrons. The van der Waals surface area contributed by atoms with Gasteiger partial charge >= 0.3 is 0 Å². The molecule has 1 fully saturated rings. The molecule has 7 heavy (non-hydrogen) atoms. The van der Waals surface area contributed by atoms with Gasteiger partial charge in [-0.25, -0.2) is 0 Å². The molecule has 1 aliphatic carbocycles. The lowest BCUT2D eigenvalue weighted by Gasteiger charge is -2.43. The fourth-order valence-corrected chi connectivity index (χ4v) is 0.766. The first-order valence-corrected chi connectivity index (χ1v) is 2.71. The molecular weight excluding hydrogens is 81.7 g/mol. The molecule has 0 bridgehead atoms. The Labute approximate surface area is 47.5 Å². The molecule has 0 spiro atoms. The van der Waals surface area contributed by atoms with E-state index in [1.54, 1.807) is 0 Å². The molecule has 1 unspecified atom stereocenters. The minimum absolute atomic E-state index is 0.319. The van der Waals surface area contributed by atoms with E-state index in [1.165, 1.54) is 6.42 Å². The second-order valence-corrected chi connectivity index (χ2v) is 2.55. The van der Waals surface area contributed by atoms with Crippen molar-refractivity contribution in [2.45, 2.75) is 25.0 Å². The first kappa shape index (κ1) is 5.27. The van der Waals surface area contributed by atoms with Crippen LogP contribution in [0.25, 0.3) is 0 Å². The van der Waals surface area contributed by atoms with Crippen LogP contribution in [0.3, 0.4) is 0 Å². The van der Waals surface area contributed by atoms with Gasteiger partial charge in [0.1, 0.15) is 0 Å². The maximum atomic E-state index is 5.54. The summed E-state index contributed by atoms with van der Waals surface area (Å²) in [6.45, 7) is 2.09. The van der Waals surface area contributed by atoms with Crippen molar-refractivity contribution in [3.05, 3.63) is 0 Å². The van der Waals surface area contributed by atoms with Crippen molar-refractivity contribution in [3.63, 3.8) is 0 Å². The Morgan fingerprint density at radius 1 is 1.57 bits per heavy atom. The Balaban J connectivity index is 2.43. The van der Waals surface area contributed by atoms with Gasteiger partial charge in [0.2, 0.25) is 0 Å². The van der Waals surface area contributed by atoms with Crippen molar-refractivity contribution >= 4 is 15.7 Å². The maximum Gasteiger partial charge on any atom is 0.0624 e. The van der Waals surface area contributed by atoms with Gasteiger partial charge in [-0.2, -0.15) is 0 Å². The lowest BCUT2D eigenvalue weighted by Crippen LogP contribution is -2.31. The van der Waals surface area contributed by atoms with Crippen LogP contribution in [0.5, 0.6) is 0 Å². The van der Waals surface area contributed by atoms with Crippen LogP contribution in [0.1, 0.15) is 19.8 Å². The van der Waals surface area contributed by atoms with Gasteiger partial charge in [-0.1, -0.05) is 30.9 Å². The monoisotopic (exact) mass is 90.1 g/mol. The topological polar surface area (TPSA) is 0 Å². The number of hydrogen-bond acceptors (Lipinski definition) is 0. The third-order valence-electron chi connectivity index (χ3n) is 1.93. The van der Waals surface area contributed by atoms with E-state index in [1.807, 2.05) is 0 Å². The third-order valence-corrected chi connectivity index (χ3v) is 1.93. The first-order valence-electron chi connectivity index (χ1n) is 2.71. The molecule has 0 aromatic rings. The van der Waals surface area contributed by atoms with Gasteiger partial charge in [-0.3, -0.25) is 0 Å². The predicted octanol–water partition coefficient (Wildman–Crippen LogP) is 0.869. The molecule has 1 atom stereocenters. The Hall–Kier alpha value is 0.130. The highest BCUT2D eigenvalue weighted by Crippen LogP contribution is 2.46. The number of rotatable bonds is 0. The van der Waals surface area contributed by atoms with Crippen LogP contribution in [0.4, 0.5) is 0 Å². The third kappa shape index (κ3) is 0.711. The smallest absolute Gasteiger partial charge is 0.0624 e. The maximum absolute atomic E-state index is 5.54. The largest absolute Gasteiger partial charge is 0.0965 e. The van der Waals surface area contributed by atoms with E-state index in [-0.39, 0.29) is 5.21 Å². The summed E-state index contributed by atoms with van der Waals surface area (Å²) in [5.41, 5.74) is 0. The summed E-state index contributed by atoms with van der Waals surface area (Å²) in [5, 5.41) is -0.319. The first-order chi connectivity index (χ1) is 3.13. The van der Waals surface area contributed by atoms with Crippen LogP contribution in [-0.4, -0.2) is 15.7 Å². The van der Waals surface area contributed by atoms with E-state index in [0.717, 1.165) is 6.42 Å². The minimum Gasteiger partial charge on any atom is -0.0965 e. The zero-order chi connectivity index (χ0) is 5.49. The number of hydrogen-bond donors (Lipinski definition) is 0. The zero-order valence-electron chi connectivity index (χ0n) is 4.65. The SMILES string of the molecule is [B]C1([B])CCC1C. The molecule has 1 saturated carbocycles. The van der Waals surface area contributed by atoms with Crippen LogP contribution in [0.2, 0.25) is 5.21 Å². The van der Waals surface area contributed by atoms with Gasteiger partial charge in [0.05, 0.1) is 15.7 Å². The van der Waals surface area contributed by atoms with Crippen molar-refractivity contribution in [2.75, 3.05) is 0 Å². The van der Waals surface area contributed by atoms with Crippen molar-refractivity contribution < 1.29 is 0 Å². The molecule has 0 amide bonds. The fraction of sp³-hybridized carbons (Fsp3) is 1.00. The molecule has 1 aliphatic rings. The molecular formula is C5H8B2. The zero-order valence-corrected chi connectivity index (χ0v) is 4.65. The molecule has 0 heterocycles. The Morgan fingerprint density at radius 2 is 2.00 bits per heavy atom. The standard InChI is InChI=1S/C5H8B2/c1-4-2-3-5(4,6)7/h4H,2-3H2,1H3. The van der Waals surface area contributed by atoms with Crippen LogP contribution in [-0.2, 0) is 0 Å². The highest BCUT2D eigenvalue weighted by Gasteiger charge is 2.32. The van der Waals surface area contributed by atoms with Crippen LogP contribution < -0.4 is 0 Å². The van der Waals surface area contributed by atoms with Gasteiger partial charge in [-0.15, -0.1) is 0 Å². The fourth-order valence-electron chi connectivity index (χ4n) is 0.766. The van der Waals surface area contributed by atoms with Gasteiger partial charge in [0, 0.05) is 0 Å². The van der Waals surface area contributed by atoms with Crippen LogP contribution in [0.15, 0.2) is 0 Å². The molecule has 1 rings (SSSR count). The predicted molar refractivity (Wildman–Crippen MR) is 32.6 cm³/mol. The minimum atomic E-state index is -0.319. The molecule has 0 nitrogen and oxygen atoms in total. The summed E-state index contributed by atoms with van der Waals surface area (Å²) in [6.07, 6.45) is 2.20. The van der Waals surface area contributed by atoms with E-state index in [2.05, 4.69) is 6.92 Å². The molecule has 0 aliphatic heterocycles. The summed E-state index contributed by atoms with van der Waals surface area (Å²) >= 11 is 0. The van der Waals surface area contributed by atoms with E-state index < -0.39 is 0 Å². The highest BCUT2D eigenvalue weighted by atomic mass is 14.3. The van der Waals surface area contributed by atoms with Gasteiger partial charge < -0.3 is 0 Å². The quantitative estimate of drug-likeness (QED) is 0.387. The second kappa shape index (κ2) is 1.30. The molecule has 0 saturated heterocycles. The van der Waals surface area contributed by atoms with Crippen molar-refractivity contribution in [3.8, 4) is 0 Å². The van der Waals surface area contributed by atoms with Gasteiger partial charge in [0.15, 0.2) is 0 Å². The van der Waals surface area contributed by atoms with E-state index in [9.17, 15) is 0 Å². The molecule has 2 heteroatoms. The van der Waals surface area contributed by atoms with Crippen LogP contribution >= 0.6 is 0 Å².